The lowest BCUT2D eigenvalue weighted by molar-refractivity contribution is -0.271. The fraction of sp³-hybridized carbons (Fsp3) is 0.750. The van der Waals surface area contributed by atoms with Gasteiger partial charge in [0.2, 0.25) is 8.32 Å². The van der Waals surface area contributed by atoms with E-state index in [-0.39, 0.29) is 54.1 Å². The van der Waals surface area contributed by atoms with Gasteiger partial charge in [0.05, 0.1) is 49.8 Å². The van der Waals surface area contributed by atoms with Crippen molar-refractivity contribution in [2.75, 3.05) is 13.2 Å². The zero-order chi connectivity index (χ0) is 41.5. The van der Waals surface area contributed by atoms with Gasteiger partial charge >= 0.3 is 0 Å². The van der Waals surface area contributed by atoms with Crippen molar-refractivity contribution in [3.8, 4) is 0 Å². The van der Waals surface area contributed by atoms with Gasteiger partial charge < -0.3 is 32.5 Å². The summed E-state index contributed by atoms with van der Waals surface area (Å²) in [5.74, 6) is 0.881. The van der Waals surface area contributed by atoms with Crippen molar-refractivity contribution < 1.29 is 32.5 Å². The third kappa shape index (κ3) is 11.9. The summed E-state index contributed by atoms with van der Waals surface area (Å²) in [4.78, 5) is 0. The Labute approximate surface area is 349 Å². The predicted molar refractivity (Wildman–Crippen MR) is 237 cm³/mol. The van der Waals surface area contributed by atoms with E-state index >= 15 is 0 Å². The molecule has 0 saturated carbocycles. The minimum Gasteiger partial charge on any atom is -0.413 e. The first kappa shape index (κ1) is 46.7. The molecule has 3 saturated heterocycles. The minimum absolute atomic E-state index is 0.0149. The zero-order valence-corrected chi connectivity index (χ0v) is 40.0. The van der Waals surface area contributed by atoms with Crippen molar-refractivity contribution in [3.63, 3.8) is 0 Å². The second-order valence-corrected chi connectivity index (χ2v) is 30.4. The quantitative estimate of drug-likeness (QED) is 0.110. The highest BCUT2D eigenvalue weighted by atomic mass is 28.4. The summed E-state index contributed by atoms with van der Waals surface area (Å²) in [6, 6.07) is 20.7. The summed E-state index contributed by atoms with van der Waals surface area (Å²) in [6.07, 6.45) is 4.94. The second-order valence-electron chi connectivity index (χ2n) is 20.2. The van der Waals surface area contributed by atoms with Gasteiger partial charge in [-0.15, -0.1) is 0 Å². The first-order chi connectivity index (χ1) is 26.9. The van der Waals surface area contributed by atoms with E-state index in [0.29, 0.717) is 41.7 Å². The van der Waals surface area contributed by atoms with Crippen LogP contribution in [0.5, 0.6) is 0 Å². The molecule has 0 radical (unpaired) electrons. The van der Waals surface area contributed by atoms with Crippen LogP contribution in [0.2, 0.25) is 34.8 Å². The standard InChI is InChI=1S/C48H80O7Si2/c1-33(2)57(34(3)4,35(5)6)54-41(29-40-28-37(8)46(51-40)36(7)26-27-49-31-38-20-16-14-17-21-38)30-44-43(55-56(12,13)48(9,10)11)25-24-42-45(52-44)32-50-47(53-42)39-22-18-15-19-23-39/h14-23,33-37,40-47H,24-32H2,1-13H3/t36-,37+,40+,41+,42+,43-,44+,45-,46+,47-/m1/s1. The number of ether oxygens (including phenoxy) is 5. The average Bonchev–Trinajstić information content (AvgIpc) is 3.44. The highest BCUT2D eigenvalue weighted by Gasteiger charge is 2.50. The van der Waals surface area contributed by atoms with Crippen LogP contribution < -0.4 is 0 Å². The van der Waals surface area contributed by atoms with Gasteiger partial charge in [0, 0.05) is 18.6 Å². The van der Waals surface area contributed by atoms with Crippen molar-refractivity contribution in [1.29, 1.82) is 0 Å². The van der Waals surface area contributed by atoms with Crippen LogP contribution in [0.15, 0.2) is 60.7 Å². The van der Waals surface area contributed by atoms with E-state index in [2.05, 4.69) is 132 Å². The van der Waals surface area contributed by atoms with E-state index in [1.807, 2.05) is 18.2 Å². The van der Waals surface area contributed by atoms with Crippen molar-refractivity contribution in [2.24, 2.45) is 11.8 Å². The maximum atomic E-state index is 7.79. The molecule has 0 aromatic heterocycles. The summed E-state index contributed by atoms with van der Waals surface area (Å²) in [5.41, 5.74) is 3.69. The van der Waals surface area contributed by atoms with E-state index < -0.39 is 16.6 Å². The topological polar surface area (TPSA) is 64.6 Å². The molecule has 2 aromatic rings. The van der Waals surface area contributed by atoms with Gasteiger partial charge in [0.1, 0.15) is 6.10 Å². The normalized spacial score (nSPS) is 28.8. The number of hydrogen-bond acceptors (Lipinski definition) is 7. The lowest BCUT2D eigenvalue weighted by atomic mass is 9.90. The fourth-order valence-electron chi connectivity index (χ4n) is 9.91. The highest BCUT2D eigenvalue weighted by molar-refractivity contribution is 6.77. The van der Waals surface area contributed by atoms with Crippen LogP contribution in [0.4, 0.5) is 0 Å². The Morgan fingerprint density at radius 1 is 0.772 bits per heavy atom. The lowest BCUT2D eigenvalue weighted by Crippen LogP contribution is -2.53. The first-order valence-electron chi connectivity index (χ1n) is 22.5. The monoisotopic (exact) mass is 825 g/mol. The maximum Gasteiger partial charge on any atom is 0.200 e. The molecule has 0 bridgehead atoms. The zero-order valence-electron chi connectivity index (χ0n) is 38.0. The van der Waals surface area contributed by atoms with Crippen LogP contribution >= 0.6 is 0 Å². The molecule has 3 aliphatic heterocycles. The fourth-order valence-corrected chi connectivity index (χ4v) is 16.9. The number of fused-ring (bicyclic) bond motifs is 1. The van der Waals surface area contributed by atoms with Crippen LogP contribution in [0.1, 0.15) is 132 Å². The van der Waals surface area contributed by atoms with Crippen molar-refractivity contribution in [2.45, 2.75) is 205 Å². The number of hydrogen-bond donors (Lipinski definition) is 0. The van der Waals surface area contributed by atoms with Crippen molar-refractivity contribution in [3.05, 3.63) is 71.8 Å². The molecular formula is C48H80O7Si2. The Hall–Kier alpha value is -1.41. The molecule has 0 N–H and O–H groups in total. The van der Waals surface area contributed by atoms with Gasteiger partial charge in [-0.3, -0.25) is 0 Å². The SMILES string of the molecule is CC(C)[Si](O[C@@H](C[C@@H]1C[C@H](C)[C@H]([C@H](C)CCOCc2ccccc2)O1)C[C@@H]1O[C@@H]2CO[C@@H](c3ccccc3)O[C@H]2CC[C@H]1O[Si](C)(C)C(C)(C)C)(C(C)C)C(C)C. The van der Waals surface area contributed by atoms with Gasteiger partial charge in [-0.2, -0.15) is 0 Å². The van der Waals surface area contributed by atoms with Crippen LogP contribution in [-0.4, -0.2) is 72.6 Å². The molecule has 0 spiro atoms. The Kier molecular flexibility index (Phi) is 16.7. The van der Waals surface area contributed by atoms with Gasteiger partial charge in [0.15, 0.2) is 14.6 Å². The average molecular weight is 825 g/mol. The summed E-state index contributed by atoms with van der Waals surface area (Å²) in [7, 11) is -4.40. The molecule has 3 aliphatic rings. The van der Waals surface area contributed by atoms with Crippen LogP contribution in [0.3, 0.4) is 0 Å². The summed E-state index contributed by atoms with van der Waals surface area (Å²) in [6.45, 7) is 32.7. The minimum atomic E-state index is -2.25. The van der Waals surface area contributed by atoms with E-state index in [4.69, 9.17) is 32.5 Å². The van der Waals surface area contributed by atoms with Gasteiger partial charge in [0.25, 0.3) is 0 Å². The van der Waals surface area contributed by atoms with Crippen LogP contribution in [-0.2, 0) is 39.1 Å². The summed E-state index contributed by atoms with van der Waals surface area (Å²) < 4.78 is 48.7. The molecule has 2 aromatic carbocycles. The highest BCUT2D eigenvalue weighted by Crippen LogP contribution is 2.46. The lowest BCUT2D eigenvalue weighted by Gasteiger charge is -2.46. The smallest absolute Gasteiger partial charge is 0.200 e. The van der Waals surface area contributed by atoms with Crippen LogP contribution in [0, 0.1) is 11.8 Å². The van der Waals surface area contributed by atoms with E-state index in [9.17, 15) is 0 Å². The third-order valence-electron chi connectivity index (χ3n) is 14.0. The Bertz CT molecular complexity index is 1440. The van der Waals surface area contributed by atoms with E-state index in [1.54, 1.807) is 0 Å². The molecular weight excluding hydrogens is 745 g/mol. The molecule has 0 amide bonds. The van der Waals surface area contributed by atoms with Gasteiger partial charge in [-0.05, 0) is 84.3 Å². The maximum absolute atomic E-state index is 7.79. The van der Waals surface area contributed by atoms with E-state index in [1.165, 1.54) is 5.56 Å². The Morgan fingerprint density at radius 2 is 1.40 bits per heavy atom. The predicted octanol–water partition coefficient (Wildman–Crippen LogP) is 12.4. The summed E-state index contributed by atoms with van der Waals surface area (Å²) >= 11 is 0. The molecule has 0 unspecified atom stereocenters. The molecule has 9 heteroatoms. The molecule has 57 heavy (non-hydrogen) atoms. The van der Waals surface area contributed by atoms with Gasteiger partial charge in [-0.1, -0.05) is 137 Å². The van der Waals surface area contributed by atoms with Crippen molar-refractivity contribution >= 4 is 16.6 Å². The molecule has 10 atom stereocenters. The third-order valence-corrected chi connectivity index (χ3v) is 24.6. The number of benzene rings is 2. The largest absolute Gasteiger partial charge is 0.413 e. The first-order valence-corrected chi connectivity index (χ1v) is 27.6. The summed E-state index contributed by atoms with van der Waals surface area (Å²) in [5, 5.41) is 0.0750. The van der Waals surface area contributed by atoms with Crippen molar-refractivity contribution in [1.82, 2.24) is 0 Å². The Balaban J connectivity index is 1.37. The molecule has 322 valence electrons. The molecule has 5 rings (SSSR count). The van der Waals surface area contributed by atoms with Gasteiger partial charge in [-0.25, -0.2) is 0 Å². The molecule has 7 nitrogen and oxygen atoms in total. The Morgan fingerprint density at radius 3 is 2.02 bits per heavy atom. The molecule has 3 heterocycles. The second kappa shape index (κ2) is 20.4. The molecule has 3 fully saturated rings. The van der Waals surface area contributed by atoms with E-state index in [0.717, 1.165) is 50.7 Å². The van der Waals surface area contributed by atoms with Crippen LogP contribution in [0.25, 0.3) is 0 Å². The molecule has 0 aliphatic carbocycles. The number of rotatable bonds is 18.